The van der Waals surface area contributed by atoms with Gasteiger partial charge in [-0.2, -0.15) is 0 Å². The van der Waals surface area contributed by atoms with Crippen molar-refractivity contribution in [3.8, 4) is 0 Å². The van der Waals surface area contributed by atoms with Crippen molar-refractivity contribution in [2.24, 2.45) is 0 Å². The molecule has 21 heavy (non-hydrogen) atoms. The van der Waals surface area contributed by atoms with Crippen LogP contribution in [-0.4, -0.2) is 29.3 Å². The molecule has 0 aromatic heterocycles. The second-order valence-electron chi connectivity index (χ2n) is 6.94. The summed E-state index contributed by atoms with van der Waals surface area (Å²) in [4.78, 5) is 23.6. The highest BCUT2D eigenvalue weighted by molar-refractivity contribution is 5.95. The molecule has 0 saturated carbocycles. The summed E-state index contributed by atoms with van der Waals surface area (Å²) in [5.41, 5.74) is 0.667. The van der Waals surface area contributed by atoms with Crippen LogP contribution in [0.2, 0.25) is 0 Å². The molecule has 1 fully saturated rings. The molecule has 0 aliphatic carbocycles. The molecule has 0 aromatic carbocycles. The molecule has 1 amide bonds. The molecule has 1 aliphatic heterocycles. The van der Waals surface area contributed by atoms with Crippen LogP contribution in [0.3, 0.4) is 0 Å². The van der Waals surface area contributed by atoms with E-state index in [1.165, 1.54) is 0 Å². The Morgan fingerprint density at radius 1 is 1.10 bits per heavy atom. The quantitative estimate of drug-likeness (QED) is 0.740. The van der Waals surface area contributed by atoms with Crippen molar-refractivity contribution in [2.75, 3.05) is 6.54 Å². The van der Waals surface area contributed by atoms with E-state index in [1.54, 1.807) is 13.8 Å². The average Bonchev–Trinajstić information content (AvgIpc) is 2.34. The number of piperidine rings is 1. The predicted octanol–water partition coefficient (Wildman–Crippen LogP) is 2.50. The van der Waals surface area contributed by atoms with E-state index < -0.39 is 0 Å². The third-order valence-electron chi connectivity index (χ3n) is 4.11. The Kier molecular flexibility index (Phi) is 5.51. The Morgan fingerprint density at radius 2 is 1.67 bits per heavy atom. The summed E-state index contributed by atoms with van der Waals surface area (Å²) < 4.78 is 0. The first-order chi connectivity index (χ1) is 9.57. The maximum atomic E-state index is 12.0. The zero-order valence-corrected chi connectivity index (χ0v) is 13.8. The van der Waals surface area contributed by atoms with E-state index in [0.717, 1.165) is 19.3 Å². The SMILES string of the molecule is C=C(C)C(=O)CC1(C)CCCC(C)(CNC(=O)C(=C)C)N1. The van der Waals surface area contributed by atoms with E-state index in [4.69, 9.17) is 0 Å². The molecule has 0 spiro atoms. The Morgan fingerprint density at radius 3 is 2.19 bits per heavy atom. The molecule has 1 aliphatic rings. The van der Waals surface area contributed by atoms with Crippen LogP contribution in [0.25, 0.3) is 0 Å². The fourth-order valence-electron chi connectivity index (χ4n) is 2.92. The van der Waals surface area contributed by atoms with Crippen molar-refractivity contribution in [3.05, 3.63) is 24.3 Å². The molecule has 2 N–H and O–H groups in total. The van der Waals surface area contributed by atoms with Gasteiger partial charge in [-0.15, -0.1) is 0 Å². The van der Waals surface area contributed by atoms with Crippen molar-refractivity contribution in [1.82, 2.24) is 10.6 Å². The van der Waals surface area contributed by atoms with Crippen molar-refractivity contribution in [3.63, 3.8) is 0 Å². The van der Waals surface area contributed by atoms with Crippen LogP contribution in [0.1, 0.15) is 53.4 Å². The summed E-state index contributed by atoms with van der Waals surface area (Å²) >= 11 is 0. The van der Waals surface area contributed by atoms with Crippen LogP contribution >= 0.6 is 0 Å². The lowest BCUT2D eigenvalue weighted by molar-refractivity contribution is -0.119. The standard InChI is InChI=1S/C17H28N2O2/c1-12(2)14(20)10-16(5)8-7-9-17(6,19-16)11-18-15(21)13(3)4/h19H,1,3,7-11H2,2,4-6H3,(H,18,21). The van der Waals surface area contributed by atoms with Crippen LogP contribution in [0.4, 0.5) is 0 Å². The van der Waals surface area contributed by atoms with E-state index in [0.29, 0.717) is 24.1 Å². The lowest BCUT2D eigenvalue weighted by Crippen LogP contribution is -2.63. The van der Waals surface area contributed by atoms with Gasteiger partial charge in [0.1, 0.15) is 0 Å². The number of carbonyl (C=O) groups excluding carboxylic acids is 2. The van der Waals surface area contributed by atoms with Crippen molar-refractivity contribution < 1.29 is 9.59 Å². The average molecular weight is 292 g/mol. The van der Waals surface area contributed by atoms with Crippen LogP contribution in [0.15, 0.2) is 24.3 Å². The number of hydrogen-bond donors (Lipinski definition) is 2. The van der Waals surface area contributed by atoms with Gasteiger partial charge in [0, 0.05) is 29.6 Å². The highest BCUT2D eigenvalue weighted by atomic mass is 16.1. The molecule has 1 heterocycles. The fourth-order valence-corrected chi connectivity index (χ4v) is 2.92. The minimum atomic E-state index is -0.239. The van der Waals surface area contributed by atoms with Gasteiger partial charge in [0.05, 0.1) is 0 Å². The minimum absolute atomic E-state index is 0.0974. The fraction of sp³-hybridized carbons (Fsp3) is 0.647. The van der Waals surface area contributed by atoms with Gasteiger partial charge in [0.2, 0.25) is 5.91 Å². The van der Waals surface area contributed by atoms with Gasteiger partial charge in [-0.1, -0.05) is 13.2 Å². The zero-order valence-electron chi connectivity index (χ0n) is 13.8. The second kappa shape index (κ2) is 6.56. The molecule has 1 rings (SSSR count). The molecule has 2 unspecified atom stereocenters. The molecule has 0 bridgehead atoms. The summed E-state index contributed by atoms with van der Waals surface area (Å²) in [6.07, 6.45) is 3.41. The number of hydrogen-bond acceptors (Lipinski definition) is 3. The summed E-state index contributed by atoms with van der Waals surface area (Å²) in [6.45, 7) is 15.5. The van der Waals surface area contributed by atoms with E-state index in [9.17, 15) is 9.59 Å². The van der Waals surface area contributed by atoms with Crippen LogP contribution in [-0.2, 0) is 9.59 Å². The molecule has 0 aromatic rings. The van der Waals surface area contributed by atoms with Gasteiger partial charge in [-0.25, -0.2) is 0 Å². The summed E-state index contributed by atoms with van der Waals surface area (Å²) in [5.74, 6) is -0.0245. The monoisotopic (exact) mass is 292 g/mol. The van der Waals surface area contributed by atoms with Gasteiger partial charge in [0.15, 0.2) is 5.78 Å². The van der Waals surface area contributed by atoms with E-state index in [2.05, 4.69) is 37.6 Å². The number of amides is 1. The smallest absolute Gasteiger partial charge is 0.246 e. The maximum absolute atomic E-state index is 12.0. The minimum Gasteiger partial charge on any atom is -0.351 e. The van der Waals surface area contributed by atoms with Crippen LogP contribution in [0, 0.1) is 0 Å². The molecule has 4 nitrogen and oxygen atoms in total. The Labute approximate surface area is 128 Å². The van der Waals surface area contributed by atoms with Crippen molar-refractivity contribution in [1.29, 1.82) is 0 Å². The van der Waals surface area contributed by atoms with Gasteiger partial charge >= 0.3 is 0 Å². The number of nitrogens with one attached hydrogen (secondary N) is 2. The third-order valence-corrected chi connectivity index (χ3v) is 4.11. The topological polar surface area (TPSA) is 58.2 Å². The van der Waals surface area contributed by atoms with Crippen LogP contribution < -0.4 is 10.6 Å². The number of Topliss-reactive ketones (excluding diaryl/α,β-unsaturated/α-hetero) is 1. The van der Waals surface area contributed by atoms with Crippen LogP contribution in [0.5, 0.6) is 0 Å². The number of allylic oxidation sites excluding steroid dienone is 1. The lowest BCUT2D eigenvalue weighted by atomic mass is 9.77. The van der Waals surface area contributed by atoms with Gasteiger partial charge < -0.3 is 10.6 Å². The van der Waals surface area contributed by atoms with Gasteiger partial charge in [-0.05, 0) is 52.5 Å². The Balaban J connectivity index is 2.69. The number of ketones is 1. The molecule has 1 saturated heterocycles. The first-order valence-corrected chi connectivity index (χ1v) is 7.49. The second-order valence-corrected chi connectivity index (χ2v) is 6.94. The zero-order chi connectivity index (χ0) is 16.3. The predicted molar refractivity (Wildman–Crippen MR) is 86.1 cm³/mol. The van der Waals surface area contributed by atoms with Crippen molar-refractivity contribution in [2.45, 2.75) is 64.5 Å². The Bertz CT molecular complexity index is 469. The van der Waals surface area contributed by atoms with E-state index >= 15 is 0 Å². The normalized spacial score (nSPS) is 28.8. The first kappa shape index (κ1) is 17.6. The molecular formula is C17H28N2O2. The highest BCUT2D eigenvalue weighted by Gasteiger charge is 2.39. The van der Waals surface area contributed by atoms with E-state index in [1.807, 2.05) is 0 Å². The van der Waals surface area contributed by atoms with Crippen molar-refractivity contribution >= 4 is 11.7 Å². The molecular weight excluding hydrogens is 264 g/mol. The number of rotatable bonds is 6. The summed E-state index contributed by atoms with van der Waals surface area (Å²) in [6, 6.07) is 0. The molecule has 4 heteroatoms. The van der Waals surface area contributed by atoms with Gasteiger partial charge in [0.25, 0.3) is 0 Å². The third kappa shape index (κ3) is 5.12. The summed E-state index contributed by atoms with van der Waals surface area (Å²) in [7, 11) is 0. The molecule has 118 valence electrons. The largest absolute Gasteiger partial charge is 0.351 e. The lowest BCUT2D eigenvalue weighted by Gasteiger charge is -2.46. The Hall–Kier alpha value is -1.42. The molecule has 2 atom stereocenters. The van der Waals surface area contributed by atoms with E-state index in [-0.39, 0.29) is 22.8 Å². The highest BCUT2D eigenvalue weighted by Crippen LogP contribution is 2.31. The maximum Gasteiger partial charge on any atom is 0.246 e. The first-order valence-electron chi connectivity index (χ1n) is 7.49. The van der Waals surface area contributed by atoms with Gasteiger partial charge in [-0.3, -0.25) is 9.59 Å². The number of carbonyl (C=O) groups is 2. The molecule has 0 radical (unpaired) electrons. The summed E-state index contributed by atoms with van der Waals surface area (Å²) in [5, 5.41) is 6.48.